The van der Waals surface area contributed by atoms with Gasteiger partial charge >= 0.3 is 0 Å². The summed E-state index contributed by atoms with van der Waals surface area (Å²) in [6, 6.07) is 0. The van der Waals surface area contributed by atoms with Crippen LogP contribution in [0.3, 0.4) is 0 Å². The van der Waals surface area contributed by atoms with Gasteiger partial charge in [0, 0.05) is 26.6 Å². The van der Waals surface area contributed by atoms with Crippen LogP contribution in [-0.2, 0) is 9.53 Å². The normalized spacial score (nSPS) is 26.7. The molecule has 1 rings (SSSR count). The summed E-state index contributed by atoms with van der Waals surface area (Å²) in [7, 11) is 2.78. The maximum atomic E-state index is 13.5. The van der Waals surface area contributed by atoms with Gasteiger partial charge in [0.25, 0.3) is 0 Å². The predicted molar refractivity (Wildman–Crippen MR) is 64.7 cm³/mol. The maximum Gasteiger partial charge on any atom is 0.207 e. The molecule has 7 heteroatoms. The Morgan fingerprint density at radius 2 is 2.22 bits per heavy atom. The Hall–Kier alpha value is -0.760. The lowest BCUT2D eigenvalue weighted by Gasteiger charge is -2.25. The van der Waals surface area contributed by atoms with Gasteiger partial charge in [-0.05, 0) is 13.5 Å². The molecular weight excluding hydrogens is 243 g/mol. The van der Waals surface area contributed by atoms with Crippen LogP contribution in [0.2, 0.25) is 0 Å². The number of carbonyl (C=O) groups excluding carboxylic acids is 1. The van der Waals surface area contributed by atoms with E-state index < -0.39 is 18.5 Å². The zero-order valence-corrected chi connectivity index (χ0v) is 10.9. The largest absolute Gasteiger partial charge is 0.400 e. The molecule has 18 heavy (non-hydrogen) atoms. The highest BCUT2D eigenvalue weighted by Crippen LogP contribution is 2.24. The quantitative estimate of drug-likeness (QED) is 0.411. The number of nitrogens with zero attached hydrogens (tertiary/aromatic N) is 1. The van der Waals surface area contributed by atoms with Crippen LogP contribution < -0.4 is 5.32 Å². The highest BCUT2D eigenvalue weighted by atomic mass is 19.1. The first-order chi connectivity index (χ1) is 8.69. The van der Waals surface area contributed by atoms with Crippen molar-refractivity contribution in [1.29, 1.82) is 0 Å². The van der Waals surface area contributed by atoms with E-state index in [-0.39, 0.29) is 13.0 Å². The van der Waals surface area contributed by atoms with Crippen molar-refractivity contribution < 1.29 is 24.1 Å². The Balaban J connectivity index is 0.00000137. The smallest absolute Gasteiger partial charge is 0.207 e. The Morgan fingerprint density at radius 1 is 1.56 bits per heavy atom. The van der Waals surface area contributed by atoms with Gasteiger partial charge in [-0.25, -0.2) is 4.39 Å². The first-order valence-electron chi connectivity index (χ1n) is 5.91. The van der Waals surface area contributed by atoms with E-state index in [1.54, 1.807) is 11.9 Å². The van der Waals surface area contributed by atoms with Gasteiger partial charge in [-0.2, -0.15) is 0 Å². The first-order valence-corrected chi connectivity index (χ1v) is 5.91. The van der Waals surface area contributed by atoms with E-state index >= 15 is 0 Å². The Kier molecular flexibility index (Phi) is 9.76. The van der Waals surface area contributed by atoms with Crippen molar-refractivity contribution in [2.24, 2.45) is 0 Å². The molecule has 1 aliphatic heterocycles. The third-order valence-electron chi connectivity index (χ3n) is 2.68. The standard InChI is InChI=1S/C10H19FN2O3.CH4O/c1-13(4-2-3-12-7-15)10-9(11)5-8(6-14)16-10;1-2/h7-10,14H,2-6H2,1H3,(H,12,15);2H,1H3. The number of carbonyl (C=O) groups is 1. The number of rotatable bonds is 7. The van der Waals surface area contributed by atoms with E-state index in [0.717, 1.165) is 13.5 Å². The van der Waals surface area contributed by atoms with E-state index in [0.29, 0.717) is 19.5 Å². The van der Waals surface area contributed by atoms with Gasteiger partial charge in [-0.3, -0.25) is 9.69 Å². The lowest BCUT2D eigenvalue weighted by Crippen LogP contribution is -2.38. The lowest BCUT2D eigenvalue weighted by molar-refractivity contribution is -0.109. The number of ether oxygens (including phenoxy) is 1. The van der Waals surface area contributed by atoms with Crippen LogP contribution in [0.4, 0.5) is 4.39 Å². The van der Waals surface area contributed by atoms with E-state index in [2.05, 4.69) is 5.32 Å². The van der Waals surface area contributed by atoms with Gasteiger partial charge in [-0.1, -0.05) is 0 Å². The van der Waals surface area contributed by atoms with Crippen molar-refractivity contribution in [3.05, 3.63) is 0 Å². The molecular formula is C11H23FN2O4. The molecule has 108 valence electrons. The van der Waals surface area contributed by atoms with Crippen LogP contribution in [0.1, 0.15) is 12.8 Å². The van der Waals surface area contributed by atoms with Crippen molar-refractivity contribution in [1.82, 2.24) is 10.2 Å². The van der Waals surface area contributed by atoms with Gasteiger partial charge < -0.3 is 20.3 Å². The molecule has 1 saturated heterocycles. The number of halogens is 1. The van der Waals surface area contributed by atoms with E-state index in [4.69, 9.17) is 14.9 Å². The summed E-state index contributed by atoms with van der Waals surface area (Å²) >= 11 is 0. The number of alkyl halides is 1. The second-order valence-electron chi connectivity index (χ2n) is 3.99. The molecule has 0 aromatic rings. The monoisotopic (exact) mass is 266 g/mol. The molecule has 3 unspecified atom stereocenters. The number of aliphatic hydroxyl groups is 2. The molecule has 1 fully saturated rings. The minimum atomic E-state index is -1.05. The van der Waals surface area contributed by atoms with E-state index in [1.807, 2.05) is 0 Å². The molecule has 1 heterocycles. The summed E-state index contributed by atoms with van der Waals surface area (Å²) in [5.41, 5.74) is 0. The molecule has 0 saturated carbocycles. The lowest BCUT2D eigenvalue weighted by atomic mass is 10.2. The van der Waals surface area contributed by atoms with Crippen LogP contribution in [0.25, 0.3) is 0 Å². The summed E-state index contributed by atoms with van der Waals surface area (Å²) < 4.78 is 18.9. The van der Waals surface area contributed by atoms with Gasteiger partial charge in [0.1, 0.15) is 12.4 Å². The maximum absolute atomic E-state index is 13.5. The van der Waals surface area contributed by atoms with E-state index in [9.17, 15) is 9.18 Å². The van der Waals surface area contributed by atoms with Crippen LogP contribution in [-0.4, -0.2) is 73.9 Å². The molecule has 6 nitrogen and oxygen atoms in total. The molecule has 0 spiro atoms. The van der Waals surface area contributed by atoms with Crippen LogP contribution in [0, 0.1) is 0 Å². The fourth-order valence-electron chi connectivity index (χ4n) is 1.82. The summed E-state index contributed by atoms with van der Waals surface area (Å²) in [5.74, 6) is 0. The molecule has 0 aromatic carbocycles. The third-order valence-corrected chi connectivity index (χ3v) is 2.68. The predicted octanol–water partition coefficient (Wildman–Crippen LogP) is -0.892. The fraction of sp³-hybridized carbons (Fsp3) is 0.909. The topological polar surface area (TPSA) is 82.0 Å². The average Bonchev–Trinajstić information content (AvgIpc) is 2.78. The molecule has 1 amide bonds. The first kappa shape index (κ1) is 17.2. The van der Waals surface area contributed by atoms with Gasteiger partial charge in [0.2, 0.25) is 6.41 Å². The minimum Gasteiger partial charge on any atom is -0.400 e. The number of nitrogens with one attached hydrogen (secondary N) is 1. The SMILES string of the molecule is CN(CCCNC=O)C1OC(CO)CC1F.CO. The average molecular weight is 266 g/mol. The summed E-state index contributed by atoms with van der Waals surface area (Å²) in [6.07, 6.45) is -0.389. The second-order valence-corrected chi connectivity index (χ2v) is 3.99. The van der Waals surface area contributed by atoms with Gasteiger partial charge in [0.15, 0.2) is 0 Å². The van der Waals surface area contributed by atoms with Crippen LogP contribution in [0.15, 0.2) is 0 Å². The zero-order chi connectivity index (χ0) is 14.0. The number of aliphatic hydroxyl groups excluding tert-OH is 2. The van der Waals surface area contributed by atoms with Crippen molar-refractivity contribution >= 4 is 6.41 Å². The fourth-order valence-corrected chi connectivity index (χ4v) is 1.82. The second kappa shape index (κ2) is 10.2. The summed E-state index contributed by atoms with van der Waals surface area (Å²) in [5, 5.41) is 18.4. The summed E-state index contributed by atoms with van der Waals surface area (Å²) in [4.78, 5) is 11.8. The minimum absolute atomic E-state index is 0.141. The Labute approximate surface area is 107 Å². The number of hydrogen-bond donors (Lipinski definition) is 3. The van der Waals surface area contributed by atoms with Crippen molar-refractivity contribution in [3.8, 4) is 0 Å². The van der Waals surface area contributed by atoms with Crippen molar-refractivity contribution in [2.45, 2.75) is 31.3 Å². The molecule has 3 N–H and O–H groups in total. The number of amides is 1. The Bertz CT molecular complexity index is 221. The zero-order valence-electron chi connectivity index (χ0n) is 10.9. The molecule has 0 aliphatic carbocycles. The van der Waals surface area contributed by atoms with Crippen LogP contribution >= 0.6 is 0 Å². The molecule has 1 aliphatic rings. The molecule has 0 bridgehead atoms. The van der Waals surface area contributed by atoms with E-state index in [1.165, 1.54) is 0 Å². The summed E-state index contributed by atoms with van der Waals surface area (Å²) in [6.45, 7) is 1.07. The molecule has 0 aromatic heterocycles. The highest BCUT2D eigenvalue weighted by Gasteiger charge is 2.37. The number of hydrogen-bond acceptors (Lipinski definition) is 5. The van der Waals surface area contributed by atoms with Gasteiger partial charge in [0.05, 0.1) is 12.7 Å². The Morgan fingerprint density at radius 3 is 2.72 bits per heavy atom. The van der Waals surface area contributed by atoms with Gasteiger partial charge in [-0.15, -0.1) is 0 Å². The molecule has 0 radical (unpaired) electrons. The van der Waals surface area contributed by atoms with Crippen molar-refractivity contribution in [3.63, 3.8) is 0 Å². The molecule has 3 atom stereocenters. The van der Waals surface area contributed by atoms with Crippen molar-refractivity contribution in [2.75, 3.05) is 33.9 Å². The highest BCUT2D eigenvalue weighted by molar-refractivity contribution is 5.45. The third kappa shape index (κ3) is 5.72. The van der Waals surface area contributed by atoms with Crippen LogP contribution in [0.5, 0.6) is 0 Å².